The van der Waals surface area contributed by atoms with Crippen LogP contribution in [0, 0.1) is 0 Å². The van der Waals surface area contributed by atoms with Crippen LogP contribution in [0.1, 0.15) is 13.3 Å². The lowest BCUT2D eigenvalue weighted by Gasteiger charge is -2.17. The van der Waals surface area contributed by atoms with E-state index in [4.69, 9.17) is 22.1 Å². The molecule has 0 spiro atoms. The van der Waals surface area contributed by atoms with Crippen molar-refractivity contribution >= 4 is 23.4 Å². The van der Waals surface area contributed by atoms with Crippen LogP contribution in [0.25, 0.3) is 0 Å². The summed E-state index contributed by atoms with van der Waals surface area (Å²) in [6.07, 6.45) is 2.39. The van der Waals surface area contributed by atoms with Gasteiger partial charge in [0.25, 0.3) is 0 Å². The van der Waals surface area contributed by atoms with Crippen molar-refractivity contribution in [2.45, 2.75) is 19.4 Å². The van der Waals surface area contributed by atoms with Crippen LogP contribution in [0.15, 0.2) is 6.20 Å². The molecule has 0 aromatic carbocycles. The van der Waals surface area contributed by atoms with E-state index < -0.39 is 0 Å². The Morgan fingerprint density at radius 1 is 1.67 bits per heavy atom. The van der Waals surface area contributed by atoms with Crippen LogP contribution in [-0.2, 0) is 4.74 Å². The number of ether oxygens (including phenoxy) is 1. The van der Waals surface area contributed by atoms with Crippen molar-refractivity contribution in [1.82, 2.24) is 9.97 Å². The average Bonchev–Trinajstić information content (AvgIpc) is 2.22. The standard InChI is InChI=1S/C9H15ClN4O/c1-3-6(5-15-2)13-8-7(10)4-12-9(11)14-8/h4,6H,3,5H2,1-2H3,(H3,11,12,13,14). The van der Waals surface area contributed by atoms with Gasteiger partial charge in [0, 0.05) is 7.11 Å². The molecule has 3 N–H and O–H groups in total. The van der Waals surface area contributed by atoms with Gasteiger partial charge >= 0.3 is 0 Å². The van der Waals surface area contributed by atoms with Gasteiger partial charge in [-0.2, -0.15) is 4.98 Å². The minimum atomic E-state index is 0.168. The number of nitrogens with zero attached hydrogens (tertiary/aromatic N) is 2. The topological polar surface area (TPSA) is 73.1 Å². The fraction of sp³-hybridized carbons (Fsp3) is 0.556. The normalized spacial score (nSPS) is 12.5. The van der Waals surface area contributed by atoms with Crippen molar-refractivity contribution in [3.05, 3.63) is 11.2 Å². The van der Waals surface area contributed by atoms with E-state index >= 15 is 0 Å². The molecule has 0 amide bonds. The molecule has 1 rings (SSSR count). The summed E-state index contributed by atoms with van der Waals surface area (Å²) >= 11 is 5.91. The minimum absolute atomic E-state index is 0.168. The molecule has 0 fully saturated rings. The van der Waals surface area contributed by atoms with Crippen LogP contribution < -0.4 is 11.1 Å². The van der Waals surface area contributed by atoms with Crippen molar-refractivity contribution in [1.29, 1.82) is 0 Å². The van der Waals surface area contributed by atoms with Gasteiger partial charge in [-0.1, -0.05) is 18.5 Å². The lowest BCUT2D eigenvalue weighted by molar-refractivity contribution is 0.184. The third-order valence-corrected chi connectivity index (χ3v) is 2.24. The summed E-state index contributed by atoms with van der Waals surface area (Å²) in [4.78, 5) is 7.79. The molecular formula is C9H15ClN4O. The highest BCUT2D eigenvalue weighted by molar-refractivity contribution is 6.32. The summed E-state index contributed by atoms with van der Waals surface area (Å²) < 4.78 is 5.06. The lowest BCUT2D eigenvalue weighted by Crippen LogP contribution is -2.24. The van der Waals surface area contributed by atoms with Gasteiger partial charge in [0.05, 0.1) is 18.8 Å². The Balaban J connectivity index is 2.73. The Kier molecular flexibility index (Phi) is 4.58. The average molecular weight is 231 g/mol. The summed E-state index contributed by atoms with van der Waals surface area (Å²) in [6, 6.07) is 0.168. The summed E-state index contributed by atoms with van der Waals surface area (Å²) in [5.41, 5.74) is 5.47. The number of anilines is 2. The van der Waals surface area contributed by atoms with Gasteiger partial charge in [0.15, 0.2) is 5.82 Å². The predicted octanol–water partition coefficient (Wildman–Crippen LogP) is 1.55. The van der Waals surface area contributed by atoms with Gasteiger partial charge < -0.3 is 15.8 Å². The number of hydrogen-bond donors (Lipinski definition) is 2. The van der Waals surface area contributed by atoms with Crippen LogP contribution >= 0.6 is 11.6 Å². The van der Waals surface area contributed by atoms with Crippen molar-refractivity contribution in [3.8, 4) is 0 Å². The van der Waals surface area contributed by atoms with Crippen LogP contribution in [0.2, 0.25) is 5.02 Å². The molecule has 1 heterocycles. The molecule has 0 saturated carbocycles. The molecule has 0 radical (unpaired) electrons. The highest BCUT2D eigenvalue weighted by Crippen LogP contribution is 2.19. The number of rotatable bonds is 5. The first-order valence-electron chi connectivity index (χ1n) is 4.70. The van der Waals surface area contributed by atoms with E-state index in [1.807, 2.05) is 0 Å². The van der Waals surface area contributed by atoms with Crippen molar-refractivity contribution in [3.63, 3.8) is 0 Å². The number of nitrogens with one attached hydrogen (secondary N) is 1. The summed E-state index contributed by atoms with van der Waals surface area (Å²) in [5, 5.41) is 3.61. The molecule has 1 unspecified atom stereocenters. The zero-order valence-corrected chi connectivity index (χ0v) is 9.58. The van der Waals surface area contributed by atoms with E-state index in [-0.39, 0.29) is 12.0 Å². The van der Waals surface area contributed by atoms with E-state index in [9.17, 15) is 0 Å². The largest absolute Gasteiger partial charge is 0.383 e. The van der Waals surface area contributed by atoms with Gasteiger partial charge in [0.2, 0.25) is 5.95 Å². The molecule has 0 bridgehead atoms. The van der Waals surface area contributed by atoms with Gasteiger partial charge in [0.1, 0.15) is 5.02 Å². The maximum Gasteiger partial charge on any atom is 0.222 e. The lowest BCUT2D eigenvalue weighted by atomic mass is 10.2. The van der Waals surface area contributed by atoms with E-state index in [1.165, 1.54) is 6.20 Å². The second-order valence-corrected chi connectivity index (χ2v) is 3.54. The molecule has 1 aromatic heterocycles. The molecule has 84 valence electrons. The first kappa shape index (κ1) is 12.0. The number of halogens is 1. The SMILES string of the molecule is CCC(COC)Nc1nc(N)ncc1Cl. The molecule has 5 nitrogen and oxygen atoms in total. The zero-order valence-electron chi connectivity index (χ0n) is 8.83. The molecule has 1 aromatic rings. The van der Waals surface area contributed by atoms with Crippen LogP contribution in [0.3, 0.4) is 0 Å². The minimum Gasteiger partial charge on any atom is -0.383 e. The van der Waals surface area contributed by atoms with E-state index in [0.29, 0.717) is 17.4 Å². The third kappa shape index (κ3) is 3.53. The molecule has 0 aliphatic heterocycles. The summed E-state index contributed by atoms with van der Waals surface area (Å²) in [5.74, 6) is 0.752. The fourth-order valence-electron chi connectivity index (χ4n) is 1.14. The van der Waals surface area contributed by atoms with E-state index in [1.54, 1.807) is 7.11 Å². The van der Waals surface area contributed by atoms with Crippen molar-refractivity contribution in [2.75, 3.05) is 24.8 Å². The summed E-state index contributed by atoms with van der Waals surface area (Å²) in [6.45, 7) is 2.64. The predicted molar refractivity (Wildman–Crippen MR) is 61.0 cm³/mol. The Morgan fingerprint density at radius 3 is 3.00 bits per heavy atom. The van der Waals surface area contributed by atoms with Crippen molar-refractivity contribution < 1.29 is 4.74 Å². The molecule has 0 aliphatic carbocycles. The Labute approximate surface area is 94.0 Å². The molecule has 1 atom stereocenters. The Bertz CT molecular complexity index is 321. The quantitative estimate of drug-likeness (QED) is 0.803. The molecule has 0 saturated heterocycles. The number of nitrogens with two attached hydrogens (primary N) is 1. The molecular weight excluding hydrogens is 216 g/mol. The third-order valence-electron chi connectivity index (χ3n) is 1.96. The highest BCUT2D eigenvalue weighted by atomic mass is 35.5. The van der Waals surface area contributed by atoms with Crippen LogP contribution in [-0.4, -0.2) is 29.7 Å². The molecule has 15 heavy (non-hydrogen) atoms. The maximum absolute atomic E-state index is 5.91. The summed E-state index contributed by atoms with van der Waals surface area (Å²) in [7, 11) is 1.65. The van der Waals surface area contributed by atoms with Gasteiger partial charge in [-0.3, -0.25) is 0 Å². The Morgan fingerprint density at radius 2 is 2.40 bits per heavy atom. The molecule has 6 heteroatoms. The smallest absolute Gasteiger partial charge is 0.222 e. The zero-order chi connectivity index (χ0) is 11.3. The first-order valence-corrected chi connectivity index (χ1v) is 5.08. The van der Waals surface area contributed by atoms with Crippen LogP contribution in [0.4, 0.5) is 11.8 Å². The van der Waals surface area contributed by atoms with E-state index in [2.05, 4.69) is 22.2 Å². The van der Waals surface area contributed by atoms with Gasteiger partial charge in [-0.25, -0.2) is 4.98 Å². The maximum atomic E-state index is 5.91. The fourth-order valence-corrected chi connectivity index (χ4v) is 1.28. The first-order chi connectivity index (χ1) is 7.17. The number of aromatic nitrogens is 2. The highest BCUT2D eigenvalue weighted by Gasteiger charge is 2.09. The van der Waals surface area contributed by atoms with Crippen LogP contribution in [0.5, 0.6) is 0 Å². The monoisotopic (exact) mass is 230 g/mol. The Hall–Kier alpha value is -1.07. The van der Waals surface area contributed by atoms with Gasteiger partial charge in [-0.15, -0.1) is 0 Å². The van der Waals surface area contributed by atoms with E-state index in [0.717, 1.165) is 6.42 Å². The molecule has 0 aliphatic rings. The number of methoxy groups -OCH3 is 1. The van der Waals surface area contributed by atoms with Gasteiger partial charge in [-0.05, 0) is 6.42 Å². The second-order valence-electron chi connectivity index (χ2n) is 3.13. The second kappa shape index (κ2) is 5.72. The number of hydrogen-bond acceptors (Lipinski definition) is 5. The van der Waals surface area contributed by atoms with Crippen molar-refractivity contribution in [2.24, 2.45) is 0 Å². The number of nitrogen functional groups attached to an aromatic ring is 1.